The second-order valence-electron chi connectivity index (χ2n) is 6.88. The van der Waals surface area contributed by atoms with E-state index in [0.717, 1.165) is 31.5 Å². The molecule has 0 bridgehead atoms. The number of halogens is 1. The van der Waals surface area contributed by atoms with Gasteiger partial charge in [0.15, 0.2) is 16.2 Å². The summed E-state index contributed by atoms with van der Waals surface area (Å²) in [6, 6.07) is -0.496. The van der Waals surface area contributed by atoms with Crippen molar-refractivity contribution in [1.29, 1.82) is 0 Å². The number of fused-ring (bicyclic) bond motifs is 1. The Morgan fingerprint density at radius 2 is 2.05 bits per heavy atom. The lowest BCUT2D eigenvalue weighted by Crippen LogP contribution is -2.49. The molecule has 22 heavy (non-hydrogen) atoms. The first-order valence-corrected chi connectivity index (χ1v) is 8.63. The Morgan fingerprint density at radius 3 is 2.64 bits per heavy atom. The maximum absolute atomic E-state index is 12.6. The van der Waals surface area contributed by atoms with Crippen LogP contribution in [0.15, 0.2) is 4.73 Å². The van der Waals surface area contributed by atoms with Crippen molar-refractivity contribution in [3.8, 4) is 0 Å². The van der Waals surface area contributed by atoms with E-state index in [1.807, 2.05) is 32.3 Å². The average molecular weight is 370 g/mol. The maximum Gasteiger partial charge on any atom is 0.272 e. The Labute approximate surface area is 140 Å². The molecule has 1 aromatic heterocycles. The minimum atomic E-state index is -0.496. The van der Waals surface area contributed by atoms with E-state index < -0.39 is 6.04 Å². The molecule has 1 aliphatic heterocycles. The molecule has 0 radical (unpaired) electrons. The molecular weight excluding hydrogens is 346 g/mol. The first-order valence-electron chi connectivity index (χ1n) is 7.84. The van der Waals surface area contributed by atoms with Gasteiger partial charge in [0.05, 0.1) is 11.7 Å². The molecule has 6 heteroatoms. The SMILES string of the molecule is CCC(=O)[C@@H](NC(=O)c1nc(Br)n2c1CCCC2)C(C)(C)C. The highest BCUT2D eigenvalue weighted by atomic mass is 79.9. The Balaban J connectivity index is 2.26. The molecule has 0 saturated carbocycles. The molecule has 0 aliphatic carbocycles. The number of hydrogen-bond acceptors (Lipinski definition) is 3. The fourth-order valence-electron chi connectivity index (χ4n) is 2.86. The van der Waals surface area contributed by atoms with Gasteiger partial charge >= 0.3 is 0 Å². The van der Waals surface area contributed by atoms with Crippen molar-refractivity contribution in [2.24, 2.45) is 5.41 Å². The van der Waals surface area contributed by atoms with Crippen LogP contribution in [-0.4, -0.2) is 27.3 Å². The van der Waals surface area contributed by atoms with Crippen molar-refractivity contribution in [2.75, 3.05) is 0 Å². The standard InChI is InChI=1S/C16H24BrN3O2/c1-5-11(21)13(16(2,3)4)19-14(22)12-10-8-6-7-9-20(10)15(17)18-12/h13H,5-9H2,1-4H3,(H,19,22)/t13-/m1/s1. The van der Waals surface area contributed by atoms with E-state index >= 15 is 0 Å². The summed E-state index contributed by atoms with van der Waals surface area (Å²) in [5, 5.41) is 2.90. The number of Topliss-reactive ketones (excluding diaryl/α,β-unsaturated/α-hetero) is 1. The van der Waals surface area contributed by atoms with Crippen molar-refractivity contribution in [1.82, 2.24) is 14.9 Å². The number of carbonyl (C=O) groups is 2. The van der Waals surface area contributed by atoms with Crippen LogP contribution in [0, 0.1) is 5.41 Å². The molecule has 0 spiro atoms. The third-order valence-corrected chi connectivity index (χ3v) is 4.70. The highest BCUT2D eigenvalue weighted by molar-refractivity contribution is 9.10. The fraction of sp³-hybridized carbons (Fsp3) is 0.688. The lowest BCUT2D eigenvalue weighted by Gasteiger charge is -2.30. The van der Waals surface area contributed by atoms with E-state index in [-0.39, 0.29) is 17.1 Å². The quantitative estimate of drug-likeness (QED) is 0.886. The number of nitrogens with zero attached hydrogens (tertiary/aromatic N) is 2. The molecule has 0 unspecified atom stereocenters. The molecule has 0 fully saturated rings. The van der Waals surface area contributed by atoms with Crippen LogP contribution in [0.5, 0.6) is 0 Å². The van der Waals surface area contributed by atoms with E-state index in [4.69, 9.17) is 0 Å². The summed E-state index contributed by atoms with van der Waals surface area (Å²) in [5.41, 5.74) is 1.09. The Kier molecular flexibility index (Phi) is 5.10. The van der Waals surface area contributed by atoms with Crippen LogP contribution >= 0.6 is 15.9 Å². The zero-order valence-electron chi connectivity index (χ0n) is 13.7. The summed E-state index contributed by atoms with van der Waals surface area (Å²) in [7, 11) is 0. The minimum absolute atomic E-state index is 0.0491. The maximum atomic E-state index is 12.6. The third-order valence-electron chi connectivity index (χ3n) is 4.10. The Morgan fingerprint density at radius 1 is 1.36 bits per heavy atom. The number of carbonyl (C=O) groups excluding carboxylic acids is 2. The van der Waals surface area contributed by atoms with Gasteiger partial charge in [-0.1, -0.05) is 27.7 Å². The predicted octanol–water partition coefficient (Wildman–Crippen LogP) is 3.11. The molecule has 1 aliphatic rings. The number of rotatable bonds is 4. The van der Waals surface area contributed by atoms with Crippen LogP contribution in [0.1, 0.15) is 63.1 Å². The summed E-state index contributed by atoms with van der Waals surface area (Å²) in [6.07, 6.45) is 3.42. The monoisotopic (exact) mass is 369 g/mol. The fourth-order valence-corrected chi connectivity index (χ4v) is 3.43. The lowest BCUT2D eigenvalue weighted by atomic mass is 9.83. The van der Waals surface area contributed by atoms with Crippen LogP contribution in [0.2, 0.25) is 0 Å². The number of ketones is 1. The zero-order chi connectivity index (χ0) is 16.5. The Bertz CT molecular complexity index is 587. The van der Waals surface area contributed by atoms with E-state index in [2.05, 4.69) is 26.2 Å². The molecule has 2 heterocycles. The van der Waals surface area contributed by atoms with Crippen molar-refractivity contribution < 1.29 is 9.59 Å². The van der Waals surface area contributed by atoms with Gasteiger partial charge in [-0.05, 0) is 40.6 Å². The largest absolute Gasteiger partial charge is 0.340 e. The van der Waals surface area contributed by atoms with Crippen LogP contribution in [-0.2, 0) is 17.8 Å². The molecule has 0 aromatic carbocycles. The number of nitrogens with one attached hydrogen (secondary N) is 1. The number of aromatic nitrogens is 2. The molecule has 0 saturated heterocycles. The topological polar surface area (TPSA) is 64.0 Å². The average Bonchev–Trinajstić information content (AvgIpc) is 2.80. The highest BCUT2D eigenvalue weighted by Gasteiger charge is 2.33. The Hall–Kier alpha value is -1.17. The normalized spacial score (nSPS) is 16.0. The second-order valence-corrected chi connectivity index (χ2v) is 7.59. The van der Waals surface area contributed by atoms with Gasteiger partial charge in [-0.15, -0.1) is 0 Å². The van der Waals surface area contributed by atoms with E-state index in [1.165, 1.54) is 0 Å². The highest BCUT2D eigenvalue weighted by Crippen LogP contribution is 2.25. The van der Waals surface area contributed by atoms with Crippen molar-refractivity contribution in [3.63, 3.8) is 0 Å². The van der Waals surface area contributed by atoms with Crippen LogP contribution in [0.4, 0.5) is 0 Å². The van der Waals surface area contributed by atoms with Gasteiger partial charge in [0.1, 0.15) is 0 Å². The summed E-state index contributed by atoms with van der Waals surface area (Å²) in [5.74, 6) is -0.203. The molecular formula is C16H24BrN3O2. The summed E-state index contributed by atoms with van der Waals surface area (Å²) in [4.78, 5) is 29.2. The van der Waals surface area contributed by atoms with Crippen LogP contribution < -0.4 is 5.32 Å². The first-order chi connectivity index (χ1) is 10.3. The van der Waals surface area contributed by atoms with Crippen molar-refractivity contribution >= 4 is 27.6 Å². The number of imidazole rings is 1. The molecule has 122 valence electrons. The van der Waals surface area contributed by atoms with Crippen molar-refractivity contribution in [3.05, 3.63) is 16.1 Å². The van der Waals surface area contributed by atoms with Gasteiger partial charge in [-0.25, -0.2) is 4.98 Å². The molecule has 1 aromatic rings. The van der Waals surface area contributed by atoms with Gasteiger partial charge in [-0.2, -0.15) is 0 Å². The third kappa shape index (κ3) is 3.42. The van der Waals surface area contributed by atoms with Crippen LogP contribution in [0.25, 0.3) is 0 Å². The predicted molar refractivity (Wildman–Crippen MR) is 88.9 cm³/mol. The van der Waals surface area contributed by atoms with Gasteiger partial charge in [-0.3, -0.25) is 9.59 Å². The number of amides is 1. The van der Waals surface area contributed by atoms with Gasteiger partial charge in [0, 0.05) is 13.0 Å². The summed E-state index contributed by atoms with van der Waals surface area (Å²) in [6.45, 7) is 8.59. The smallest absolute Gasteiger partial charge is 0.272 e. The van der Waals surface area contributed by atoms with E-state index in [0.29, 0.717) is 16.8 Å². The minimum Gasteiger partial charge on any atom is -0.340 e. The molecule has 1 atom stereocenters. The second kappa shape index (κ2) is 6.52. The van der Waals surface area contributed by atoms with Gasteiger partial charge in [0.2, 0.25) is 0 Å². The van der Waals surface area contributed by atoms with Gasteiger partial charge in [0.25, 0.3) is 5.91 Å². The van der Waals surface area contributed by atoms with Crippen LogP contribution in [0.3, 0.4) is 0 Å². The summed E-state index contributed by atoms with van der Waals surface area (Å²) >= 11 is 3.42. The van der Waals surface area contributed by atoms with E-state index in [1.54, 1.807) is 0 Å². The first kappa shape index (κ1) is 17.2. The summed E-state index contributed by atoms with van der Waals surface area (Å²) < 4.78 is 2.74. The van der Waals surface area contributed by atoms with E-state index in [9.17, 15) is 9.59 Å². The molecule has 2 rings (SSSR count). The number of hydrogen-bond donors (Lipinski definition) is 1. The zero-order valence-corrected chi connectivity index (χ0v) is 15.3. The van der Waals surface area contributed by atoms with Crippen molar-refractivity contribution in [2.45, 2.75) is 66.0 Å². The molecule has 1 N–H and O–H groups in total. The molecule has 5 nitrogen and oxygen atoms in total. The van der Waals surface area contributed by atoms with Gasteiger partial charge < -0.3 is 9.88 Å². The molecule has 1 amide bonds. The lowest BCUT2D eigenvalue weighted by molar-refractivity contribution is -0.122.